The molecule has 0 radical (unpaired) electrons. The normalized spacial score (nSPS) is 9.85. The summed E-state index contributed by atoms with van der Waals surface area (Å²) in [7, 11) is 1.72. The molecule has 0 aromatic heterocycles. The third kappa shape index (κ3) is 2.01. The maximum absolute atomic E-state index is 11.1. The fraction of sp³-hybridized carbons (Fsp3) is 0.300. The first kappa shape index (κ1) is 10.1. The molecule has 3 heteroatoms. The summed E-state index contributed by atoms with van der Waals surface area (Å²) < 4.78 is 0. The lowest BCUT2D eigenvalue weighted by Crippen LogP contribution is -2.23. The molecule has 0 aliphatic heterocycles. The van der Waals surface area contributed by atoms with Gasteiger partial charge in [-0.1, -0.05) is 23.7 Å². The molecule has 70 valence electrons. The lowest BCUT2D eigenvalue weighted by molar-refractivity contribution is -0.116. The average Bonchev–Trinajstić information content (AvgIpc) is 2.03. The molecular weight excluding hydrogens is 186 g/mol. The summed E-state index contributed by atoms with van der Waals surface area (Å²) in [5, 5.41) is 0.609. The van der Waals surface area contributed by atoms with Crippen LogP contribution in [-0.2, 0) is 4.79 Å². The van der Waals surface area contributed by atoms with Gasteiger partial charge in [0.05, 0.1) is 10.7 Å². The zero-order chi connectivity index (χ0) is 10.0. The zero-order valence-corrected chi connectivity index (χ0v) is 8.72. The Labute approximate surface area is 83.1 Å². The highest BCUT2D eigenvalue weighted by atomic mass is 35.5. The Hall–Kier alpha value is -1.02. The Kier molecular flexibility index (Phi) is 2.94. The van der Waals surface area contributed by atoms with Crippen molar-refractivity contribution in [3.63, 3.8) is 0 Å². The van der Waals surface area contributed by atoms with Crippen molar-refractivity contribution < 1.29 is 4.79 Å². The second-order valence-electron chi connectivity index (χ2n) is 2.98. The number of nitrogens with zero attached hydrogens (tertiary/aromatic N) is 1. The Morgan fingerprint density at radius 2 is 2.08 bits per heavy atom. The number of rotatable bonds is 1. The van der Waals surface area contributed by atoms with Gasteiger partial charge in [0.15, 0.2) is 0 Å². The van der Waals surface area contributed by atoms with Crippen molar-refractivity contribution in [2.24, 2.45) is 0 Å². The molecule has 0 spiro atoms. The van der Waals surface area contributed by atoms with Crippen molar-refractivity contribution in [2.45, 2.75) is 13.8 Å². The van der Waals surface area contributed by atoms with Crippen molar-refractivity contribution in [3.8, 4) is 0 Å². The van der Waals surface area contributed by atoms with Crippen LogP contribution in [0.5, 0.6) is 0 Å². The third-order valence-corrected chi connectivity index (χ3v) is 2.30. The van der Waals surface area contributed by atoms with Crippen LogP contribution >= 0.6 is 11.6 Å². The predicted octanol–water partition coefficient (Wildman–Crippen LogP) is 2.63. The van der Waals surface area contributed by atoms with Gasteiger partial charge in [-0.05, 0) is 18.6 Å². The topological polar surface area (TPSA) is 20.3 Å². The first-order valence-corrected chi connectivity index (χ1v) is 4.41. The Morgan fingerprint density at radius 1 is 1.46 bits per heavy atom. The van der Waals surface area contributed by atoms with Crippen molar-refractivity contribution in [3.05, 3.63) is 28.8 Å². The molecular formula is C10H12ClNO. The van der Waals surface area contributed by atoms with Gasteiger partial charge in [0.1, 0.15) is 0 Å². The molecule has 13 heavy (non-hydrogen) atoms. The van der Waals surface area contributed by atoms with E-state index >= 15 is 0 Å². The first-order chi connectivity index (χ1) is 6.04. The third-order valence-electron chi connectivity index (χ3n) is 2.00. The number of hydrogen-bond acceptors (Lipinski definition) is 1. The molecule has 0 atom stereocenters. The van der Waals surface area contributed by atoms with Crippen LogP contribution in [0.3, 0.4) is 0 Å². The van der Waals surface area contributed by atoms with Crippen LogP contribution in [0.2, 0.25) is 5.02 Å². The van der Waals surface area contributed by atoms with E-state index in [1.165, 1.54) is 6.92 Å². The van der Waals surface area contributed by atoms with E-state index in [1.807, 2.05) is 19.1 Å². The van der Waals surface area contributed by atoms with E-state index in [9.17, 15) is 4.79 Å². The van der Waals surface area contributed by atoms with E-state index in [-0.39, 0.29) is 5.91 Å². The molecule has 0 N–H and O–H groups in total. The Morgan fingerprint density at radius 3 is 2.54 bits per heavy atom. The van der Waals surface area contributed by atoms with Crippen LogP contribution in [0.15, 0.2) is 18.2 Å². The van der Waals surface area contributed by atoms with Gasteiger partial charge in [-0.25, -0.2) is 0 Å². The van der Waals surface area contributed by atoms with Crippen LogP contribution in [0.4, 0.5) is 5.69 Å². The summed E-state index contributed by atoms with van der Waals surface area (Å²) in [5.41, 5.74) is 1.79. The summed E-state index contributed by atoms with van der Waals surface area (Å²) in [6.45, 7) is 3.45. The number of para-hydroxylation sites is 1. The van der Waals surface area contributed by atoms with Crippen LogP contribution < -0.4 is 4.90 Å². The largest absolute Gasteiger partial charge is 0.314 e. The van der Waals surface area contributed by atoms with Gasteiger partial charge >= 0.3 is 0 Å². The molecule has 0 bridgehead atoms. The molecule has 0 saturated carbocycles. The minimum Gasteiger partial charge on any atom is -0.314 e. The van der Waals surface area contributed by atoms with Crippen LogP contribution in [0.1, 0.15) is 12.5 Å². The number of benzene rings is 1. The number of aryl methyl sites for hydroxylation is 1. The molecule has 1 aromatic carbocycles. The smallest absolute Gasteiger partial charge is 0.223 e. The van der Waals surface area contributed by atoms with Gasteiger partial charge in [0.25, 0.3) is 0 Å². The molecule has 1 aromatic rings. The lowest BCUT2D eigenvalue weighted by atomic mass is 10.2. The molecule has 0 saturated heterocycles. The lowest BCUT2D eigenvalue weighted by Gasteiger charge is -2.18. The fourth-order valence-corrected chi connectivity index (χ4v) is 1.55. The fourth-order valence-electron chi connectivity index (χ4n) is 1.21. The average molecular weight is 198 g/mol. The minimum absolute atomic E-state index is 0.0174. The number of hydrogen-bond donors (Lipinski definition) is 0. The van der Waals surface area contributed by atoms with Crippen LogP contribution in [0, 0.1) is 6.92 Å². The number of carbonyl (C=O) groups is 1. The minimum atomic E-state index is -0.0174. The highest BCUT2D eigenvalue weighted by molar-refractivity contribution is 6.34. The van der Waals surface area contributed by atoms with Crippen molar-refractivity contribution >= 4 is 23.2 Å². The van der Waals surface area contributed by atoms with Crippen molar-refractivity contribution in [1.82, 2.24) is 0 Å². The molecule has 0 unspecified atom stereocenters. The maximum Gasteiger partial charge on any atom is 0.223 e. The second kappa shape index (κ2) is 3.79. The standard InChI is InChI=1S/C10H12ClNO/c1-7-5-4-6-9(11)10(7)12(3)8(2)13/h4-6H,1-3H3. The van der Waals surface area contributed by atoms with E-state index in [4.69, 9.17) is 11.6 Å². The Balaban J connectivity index is 3.20. The van der Waals surface area contributed by atoms with E-state index in [2.05, 4.69) is 0 Å². The van der Waals surface area contributed by atoms with Crippen LogP contribution in [-0.4, -0.2) is 13.0 Å². The van der Waals surface area contributed by atoms with Crippen molar-refractivity contribution in [1.29, 1.82) is 0 Å². The molecule has 1 rings (SSSR count). The summed E-state index contributed by atoms with van der Waals surface area (Å²) in [4.78, 5) is 12.7. The first-order valence-electron chi connectivity index (χ1n) is 4.03. The molecule has 0 aliphatic carbocycles. The molecule has 1 amide bonds. The molecule has 2 nitrogen and oxygen atoms in total. The Bertz CT molecular complexity index is 315. The van der Waals surface area contributed by atoms with E-state index in [0.717, 1.165) is 11.3 Å². The van der Waals surface area contributed by atoms with E-state index in [1.54, 1.807) is 18.0 Å². The second-order valence-corrected chi connectivity index (χ2v) is 3.39. The summed E-state index contributed by atoms with van der Waals surface area (Å²) in [6.07, 6.45) is 0. The summed E-state index contributed by atoms with van der Waals surface area (Å²) >= 11 is 5.97. The van der Waals surface area contributed by atoms with Gasteiger partial charge in [-0.2, -0.15) is 0 Å². The summed E-state index contributed by atoms with van der Waals surface area (Å²) in [6, 6.07) is 5.58. The molecule has 0 heterocycles. The number of anilines is 1. The van der Waals surface area contributed by atoms with Gasteiger partial charge in [-0.15, -0.1) is 0 Å². The number of carbonyl (C=O) groups excluding carboxylic acids is 1. The predicted molar refractivity (Wildman–Crippen MR) is 55.3 cm³/mol. The SMILES string of the molecule is CC(=O)N(C)c1c(C)cccc1Cl. The van der Waals surface area contributed by atoms with Gasteiger partial charge < -0.3 is 4.90 Å². The van der Waals surface area contributed by atoms with Gasteiger partial charge in [0, 0.05) is 14.0 Å². The number of halogens is 1. The van der Waals surface area contributed by atoms with Gasteiger partial charge in [0.2, 0.25) is 5.91 Å². The summed E-state index contributed by atoms with van der Waals surface area (Å²) in [5.74, 6) is -0.0174. The molecule has 0 aliphatic rings. The van der Waals surface area contributed by atoms with Crippen molar-refractivity contribution in [2.75, 3.05) is 11.9 Å². The van der Waals surface area contributed by atoms with E-state index < -0.39 is 0 Å². The highest BCUT2D eigenvalue weighted by Gasteiger charge is 2.11. The number of amides is 1. The van der Waals surface area contributed by atoms with E-state index in [0.29, 0.717) is 5.02 Å². The zero-order valence-electron chi connectivity index (χ0n) is 7.97. The highest BCUT2D eigenvalue weighted by Crippen LogP contribution is 2.28. The quantitative estimate of drug-likeness (QED) is 0.678. The molecule has 0 fully saturated rings. The monoisotopic (exact) mass is 197 g/mol. The van der Waals surface area contributed by atoms with Gasteiger partial charge in [-0.3, -0.25) is 4.79 Å². The maximum atomic E-state index is 11.1. The van der Waals surface area contributed by atoms with Crippen LogP contribution in [0.25, 0.3) is 0 Å².